The summed E-state index contributed by atoms with van der Waals surface area (Å²) >= 11 is 0. The van der Waals surface area contributed by atoms with Crippen molar-refractivity contribution in [3.05, 3.63) is 52.8 Å². The summed E-state index contributed by atoms with van der Waals surface area (Å²) in [5.41, 5.74) is 3.48. The minimum absolute atomic E-state index is 0.0650. The second kappa shape index (κ2) is 7.22. The summed E-state index contributed by atoms with van der Waals surface area (Å²) in [6.07, 6.45) is 7.90. The van der Waals surface area contributed by atoms with Crippen LogP contribution >= 0.6 is 0 Å². The first kappa shape index (κ1) is 18.6. The van der Waals surface area contributed by atoms with Crippen LogP contribution in [0.4, 0.5) is 0 Å². The number of hydrogen-bond donors (Lipinski definition) is 0. The molecule has 0 fully saturated rings. The summed E-state index contributed by atoms with van der Waals surface area (Å²) in [6.45, 7) is 8.15. The minimum atomic E-state index is -0.233. The Bertz CT molecular complexity index is 796. The summed E-state index contributed by atoms with van der Waals surface area (Å²) in [5, 5.41) is 0. The van der Waals surface area contributed by atoms with Crippen LogP contribution in [-0.2, 0) is 14.3 Å². The Balaban J connectivity index is 2.01. The molecule has 0 saturated carbocycles. The van der Waals surface area contributed by atoms with Gasteiger partial charge < -0.3 is 4.74 Å². The highest BCUT2D eigenvalue weighted by Crippen LogP contribution is 2.42. The van der Waals surface area contributed by atoms with Gasteiger partial charge >= 0.3 is 5.97 Å². The monoisotopic (exact) mass is 352 g/mol. The Labute approximate surface area is 156 Å². The quantitative estimate of drug-likeness (QED) is 0.547. The van der Waals surface area contributed by atoms with Gasteiger partial charge in [0, 0.05) is 12.8 Å². The maximum absolute atomic E-state index is 13.0. The molecule has 0 saturated heterocycles. The number of aryl methyl sites for hydroxylation is 2. The number of Topliss-reactive ketones (excluding diaryl/α,β-unsaturated/α-hetero) is 1. The largest absolute Gasteiger partial charge is 0.430 e. The third-order valence-corrected chi connectivity index (χ3v) is 5.27. The van der Waals surface area contributed by atoms with E-state index >= 15 is 0 Å². The number of benzene rings is 1. The van der Waals surface area contributed by atoms with Crippen molar-refractivity contribution in [1.82, 2.24) is 0 Å². The van der Waals surface area contributed by atoms with Crippen LogP contribution < -0.4 is 0 Å². The highest BCUT2D eigenvalue weighted by atomic mass is 16.5. The smallest absolute Gasteiger partial charge is 0.317 e. The predicted molar refractivity (Wildman–Crippen MR) is 103 cm³/mol. The second-order valence-corrected chi connectivity index (χ2v) is 8.44. The van der Waals surface area contributed by atoms with Gasteiger partial charge in [0.25, 0.3) is 0 Å². The average Bonchev–Trinajstić information content (AvgIpc) is 2.56. The summed E-state index contributed by atoms with van der Waals surface area (Å²) in [7, 11) is 0. The average molecular weight is 352 g/mol. The fourth-order valence-electron chi connectivity index (χ4n) is 3.95. The van der Waals surface area contributed by atoms with Crippen LogP contribution in [0.15, 0.2) is 36.1 Å². The molecule has 0 spiro atoms. The van der Waals surface area contributed by atoms with Crippen LogP contribution in [0.2, 0.25) is 0 Å². The molecular formula is C23H28O3. The van der Waals surface area contributed by atoms with E-state index in [-0.39, 0.29) is 23.1 Å². The van der Waals surface area contributed by atoms with Crippen molar-refractivity contribution in [1.29, 1.82) is 0 Å². The van der Waals surface area contributed by atoms with Gasteiger partial charge in [-0.05, 0) is 49.7 Å². The number of carbonyl (C=O) groups excluding carboxylic acids is 2. The molecule has 0 heterocycles. The predicted octanol–water partition coefficient (Wildman–Crippen LogP) is 5.30. The Kier molecular flexibility index (Phi) is 5.17. The first-order chi connectivity index (χ1) is 12.3. The van der Waals surface area contributed by atoms with Crippen LogP contribution in [0, 0.1) is 25.2 Å². The van der Waals surface area contributed by atoms with Crippen LogP contribution in [0.5, 0.6) is 0 Å². The lowest BCUT2D eigenvalue weighted by atomic mass is 9.74. The van der Waals surface area contributed by atoms with E-state index in [1.54, 1.807) is 0 Å². The number of hydrogen-bond acceptors (Lipinski definition) is 3. The maximum Gasteiger partial charge on any atom is 0.317 e. The Morgan fingerprint density at radius 2 is 1.96 bits per heavy atom. The molecule has 0 amide bonds. The zero-order chi connectivity index (χ0) is 18.9. The van der Waals surface area contributed by atoms with E-state index in [4.69, 9.17) is 4.74 Å². The molecule has 26 heavy (non-hydrogen) atoms. The Morgan fingerprint density at radius 3 is 2.62 bits per heavy atom. The fraction of sp³-hybridized carbons (Fsp3) is 0.478. The number of carbonyl (C=O) groups is 2. The van der Waals surface area contributed by atoms with Crippen molar-refractivity contribution in [3.8, 4) is 0 Å². The summed E-state index contributed by atoms with van der Waals surface area (Å²) in [5.74, 6) is 0.179. The summed E-state index contributed by atoms with van der Waals surface area (Å²) in [4.78, 5) is 25.6. The second-order valence-electron chi connectivity index (χ2n) is 8.44. The molecule has 3 heteroatoms. The molecule has 1 atom stereocenters. The fourth-order valence-corrected chi connectivity index (χ4v) is 3.95. The highest BCUT2D eigenvalue weighted by molar-refractivity contribution is 6.22. The highest BCUT2D eigenvalue weighted by Gasteiger charge is 2.36. The van der Waals surface area contributed by atoms with Gasteiger partial charge in [0.1, 0.15) is 5.76 Å². The van der Waals surface area contributed by atoms with Crippen LogP contribution in [0.1, 0.15) is 62.6 Å². The molecule has 0 bridgehead atoms. The SMILES string of the molecule is Cc1ccc(C2=C(OC(=O)C3C=CCCC3)CC(C)(C)CC2=O)c(C)c1. The van der Waals surface area contributed by atoms with Crippen molar-refractivity contribution < 1.29 is 14.3 Å². The molecule has 0 aliphatic heterocycles. The number of esters is 1. The lowest BCUT2D eigenvalue weighted by Gasteiger charge is -2.32. The minimum Gasteiger partial charge on any atom is -0.430 e. The molecule has 2 aliphatic rings. The van der Waals surface area contributed by atoms with Gasteiger partial charge in [0.15, 0.2) is 5.78 Å². The van der Waals surface area contributed by atoms with Gasteiger partial charge in [-0.1, -0.05) is 49.8 Å². The Hall–Kier alpha value is -2.16. The van der Waals surface area contributed by atoms with E-state index < -0.39 is 0 Å². The van der Waals surface area contributed by atoms with E-state index in [0.717, 1.165) is 36.0 Å². The van der Waals surface area contributed by atoms with Crippen LogP contribution in [-0.4, -0.2) is 11.8 Å². The van der Waals surface area contributed by atoms with Crippen LogP contribution in [0.25, 0.3) is 5.57 Å². The standard InChI is InChI=1S/C23H28O3/c1-15-10-11-18(16(2)12-15)21-19(24)13-23(3,4)14-20(21)26-22(25)17-8-6-5-7-9-17/h6,8,10-12,17H,5,7,9,13-14H2,1-4H3. The van der Waals surface area contributed by atoms with E-state index in [0.29, 0.717) is 24.2 Å². The number of ketones is 1. The molecule has 1 aromatic carbocycles. The van der Waals surface area contributed by atoms with Crippen LogP contribution in [0.3, 0.4) is 0 Å². The van der Waals surface area contributed by atoms with Gasteiger partial charge in [-0.2, -0.15) is 0 Å². The number of ether oxygens (including phenoxy) is 1. The topological polar surface area (TPSA) is 43.4 Å². The van der Waals surface area contributed by atoms with Gasteiger partial charge in [-0.25, -0.2) is 0 Å². The van der Waals surface area contributed by atoms with E-state index in [2.05, 4.69) is 19.9 Å². The van der Waals surface area contributed by atoms with Crippen molar-refractivity contribution in [3.63, 3.8) is 0 Å². The molecule has 2 aliphatic carbocycles. The lowest BCUT2D eigenvalue weighted by molar-refractivity contribution is -0.143. The van der Waals surface area contributed by atoms with Crippen molar-refractivity contribution in [2.75, 3.05) is 0 Å². The van der Waals surface area contributed by atoms with Crippen molar-refractivity contribution in [2.45, 2.75) is 59.8 Å². The molecule has 0 radical (unpaired) electrons. The molecule has 3 rings (SSSR count). The molecule has 3 nitrogen and oxygen atoms in total. The summed E-state index contributed by atoms with van der Waals surface area (Å²) in [6, 6.07) is 6.05. The molecule has 138 valence electrons. The van der Waals surface area contributed by atoms with Gasteiger partial charge in [0.2, 0.25) is 0 Å². The molecule has 1 unspecified atom stereocenters. The lowest BCUT2D eigenvalue weighted by Crippen LogP contribution is -2.28. The van der Waals surface area contributed by atoms with E-state index in [9.17, 15) is 9.59 Å². The first-order valence-electron chi connectivity index (χ1n) is 9.49. The van der Waals surface area contributed by atoms with Gasteiger partial charge in [0.05, 0.1) is 11.5 Å². The third kappa shape index (κ3) is 3.98. The normalized spacial score (nSPS) is 22.5. The maximum atomic E-state index is 13.0. The molecule has 1 aromatic rings. The number of allylic oxidation sites excluding steroid dienone is 3. The van der Waals surface area contributed by atoms with E-state index in [1.807, 2.05) is 38.1 Å². The third-order valence-electron chi connectivity index (χ3n) is 5.27. The zero-order valence-electron chi connectivity index (χ0n) is 16.2. The Morgan fingerprint density at radius 1 is 1.19 bits per heavy atom. The molecule has 0 N–H and O–H groups in total. The zero-order valence-corrected chi connectivity index (χ0v) is 16.2. The van der Waals surface area contributed by atoms with Crippen molar-refractivity contribution in [2.24, 2.45) is 11.3 Å². The van der Waals surface area contributed by atoms with Crippen molar-refractivity contribution >= 4 is 17.3 Å². The summed E-state index contributed by atoms with van der Waals surface area (Å²) < 4.78 is 5.86. The molecule has 0 aromatic heterocycles. The number of rotatable bonds is 3. The first-order valence-corrected chi connectivity index (χ1v) is 9.49. The molecular weight excluding hydrogens is 324 g/mol. The van der Waals surface area contributed by atoms with Gasteiger partial charge in [-0.3, -0.25) is 9.59 Å². The van der Waals surface area contributed by atoms with E-state index in [1.165, 1.54) is 0 Å². The van der Waals surface area contributed by atoms with Gasteiger partial charge in [-0.15, -0.1) is 0 Å².